The molecule has 0 spiro atoms. The van der Waals surface area contributed by atoms with E-state index in [4.69, 9.17) is 16.1 Å². The Balaban J connectivity index is 1.21. The Morgan fingerprint density at radius 2 is 1.93 bits per heavy atom. The third-order valence-electron chi connectivity index (χ3n) is 7.45. The number of hydrogen-bond acceptors (Lipinski definition) is 6. The number of amides is 1. The molecule has 4 aromatic rings. The van der Waals surface area contributed by atoms with Gasteiger partial charge in [0.2, 0.25) is 5.95 Å². The van der Waals surface area contributed by atoms with E-state index in [9.17, 15) is 4.79 Å². The van der Waals surface area contributed by atoms with Crippen LogP contribution in [0.15, 0.2) is 60.9 Å². The van der Waals surface area contributed by atoms with Crippen molar-refractivity contribution >= 4 is 28.6 Å². The van der Waals surface area contributed by atoms with Crippen LogP contribution >= 0.6 is 0 Å². The molecule has 1 fully saturated rings. The summed E-state index contributed by atoms with van der Waals surface area (Å²) in [5, 5.41) is 16.3. The highest BCUT2D eigenvalue weighted by atomic mass is 16.1. The third kappa shape index (κ3) is 6.31. The first-order chi connectivity index (χ1) is 19.5. The van der Waals surface area contributed by atoms with Crippen LogP contribution in [0.5, 0.6) is 0 Å². The van der Waals surface area contributed by atoms with E-state index in [-0.39, 0.29) is 11.7 Å². The normalized spacial score (nSPS) is 13.5. The fourth-order valence-electron chi connectivity index (χ4n) is 5.22. The van der Waals surface area contributed by atoms with Gasteiger partial charge in [-0.2, -0.15) is 0 Å². The number of fused-ring (bicyclic) bond motifs is 1. The van der Waals surface area contributed by atoms with Crippen molar-refractivity contribution in [3.8, 4) is 11.3 Å². The van der Waals surface area contributed by atoms with E-state index in [0.717, 1.165) is 59.7 Å². The fraction of sp³-hybridized carbons (Fsp3) is 0.355. The number of aromatic nitrogens is 3. The molecule has 1 amide bonds. The minimum Gasteiger partial charge on any atom is -0.384 e. The maximum Gasteiger partial charge on any atom is 0.251 e. The number of nitrogens with zero attached hydrogens (tertiary/aromatic N) is 4. The number of amidine groups is 1. The summed E-state index contributed by atoms with van der Waals surface area (Å²) in [6, 6.07) is 15.5. The molecule has 0 atom stereocenters. The van der Waals surface area contributed by atoms with Gasteiger partial charge in [0.15, 0.2) is 0 Å². The molecular formula is C31H38N8O. The molecule has 0 unspecified atom stereocenters. The van der Waals surface area contributed by atoms with E-state index >= 15 is 0 Å². The number of aromatic amines is 1. The van der Waals surface area contributed by atoms with E-state index in [0.29, 0.717) is 24.1 Å². The van der Waals surface area contributed by atoms with Crippen LogP contribution < -0.4 is 16.1 Å². The van der Waals surface area contributed by atoms with Crippen LogP contribution in [-0.4, -0.2) is 57.9 Å². The second-order valence-electron chi connectivity index (χ2n) is 10.3. The van der Waals surface area contributed by atoms with Gasteiger partial charge in [-0.1, -0.05) is 38.0 Å². The summed E-state index contributed by atoms with van der Waals surface area (Å²) < 4.78 is 0. The Kier molecular flexibility index (Phi) is 8.71. The molecule has 0 saturated carbocycles. The van der Waals surface area contributed by atoms with Crippen molar-refractivity contribution in [3.63, 3.8) is 0 Å². The Labute approximate surface area is 235 Å². The number of H-pyrrole nitrogens is 1. The molecule has 2 aromatic heterocycles. The van der Waals surface area contributed by atoms with E-state index in [1.807, 2.05) is 54.7 Å². The van der Waals surface area contributed by atoms with E-state index in [1.54, 1.807) is 6.20 Å². The second-order valence-corrected chi connectivity index (χ2v) is 10.3. The molecule has 1 aliphatic heterocycles. The topological polar surface area (TPSA) is 127 Å². The highest BCUT2D eigenvalue weighted by molar-refractivity contribution is 6.07. The van der Waals surface area contributed by atoms with Crippen molar-refractivity contribution < 1.29 is 4.79 Å². The maximum atomic E-state index is 12.8. The number of unbranched alkanes of at least 4 members (excludes halogenated alkanes) is 2. The molecule has 0 bridgehead atoms. The van der Waals surface area contributed by atoms with Gasteiger partial charge in [0.1, 0.15) is 5.84 Å². The van der Waals surface area contributed by atoms with Gasteiger partial charge in [0.05, 0.1) is 5.69 Å². The SMILES string of the molecule is CCCCCN(c1nccc(-c2ccc(C(=O)NCCc3ccc4[nH]cc(C(=N)N)c4c3)cc2)n1)N1CCCC1. The molecule has 0 aliphatic carbocycles. The first-order valence-corrected chi connectivity index (χ1v) is 14.2. The molecule has 40 heavy (non-hydrogen) atoms. The number of hydrazine groups is 1. The molecule has 5 N–H and O–H groups in total. The Bertz CT molecular complexity index is 1460. The van der Waals surface area contributed by atoms with Gasteiger partial charge in [0.25, 0.3) is 5.91 Å². The van der Waals surface area contributed by atoms with Crippen molar-refractivity contribution in [1.29, 1.82) is 5.41 Å². The van der Waals surface area contributed by atoms with Crippen molar-refractivity contribution in [2.75, 3.05) is 31.2 Å². The number of anilines is 1. The highest BCUT2D eigenvalue weighted by Crippen LogP contribution is 2.23. The van der Waals surface area contributed by atoms with Gasteiger partial charge in [-0.3, -0.25) is 15.2 Å². The second kappa shape index (κ2) is 12.7. The Morgan fingerprint density at radius 1 is 1.12 bits per heavy atom. The summed E-state index contributed by atoms with van der Waals surface area (Å²) in [6.45, 7) is 5.74. The number of benzene rings is 2. The standard InChI is InChI=1S/C31H38N8O/c1-2-3-4-19-39(38-17-5-6-18-38)31-35-16-14-27(37-31)23-8-10-24(11-9-23)30(40)34-15-13-22-7-12-28-25(20-22)26(21-36-28)29(32)33/h7-12,14,16,20-21,36H,2-6,13,15,17-19H2,1H3,(H3,32,33)(H,34,40). The first kappa shape index (κ1) is 27.3. The average Bonchev–Trinajstić information content (AvgIpc) is 3.66. The minimum atomic E-state index is -0.113. The first-order valence-electron chi connectivity index (χ1n) is 14.2. The quantitative estimate of drug-likeness (QED) is 0.116. The van der Waals surface area contributed by atoms with Gasteiger partial charge < -0.3 is 16.0 Å². The predicted octanol–water partition coefficient (Wildman–Crippen LogP) is 4.89. The summed E-state index contributed by atoms with van der Waals surface area (Å²) in [7, 11) is 0. The molecule has 1 aliphatic rings. The molecule has 5 rings (SSSR count). The number of carbonyl (C=O) groups is 1. The zero-order valence-corrected chi connectivity index (χ0v) is 23.1. The summed E-state index contributed by atoms with van der Waals surface area (Å²) in [4.78, 5) is 25.5. The number of nitrogens with two attached hydrogens (primary N) is 1. The number of carbonyl (C=O) groups excluding carboxylic acids is 1. The predicted molar refractivity (Wildman–Crippen MR) is 160 cm³/mol. The summed E-state index contributed by atoms with van der Waals surface area (Å²) in [5.41, 5.74) is 10.8. The number of nitrogens with one attached hydrogen (secondary N) is 3. The highest BCUT2D eigenvalue weighted by Gasteiger charge is 2.22. The molecule has 9 nitrogen and oxygen atoms in total. The zero-order chi connectivity index (χ0) is 27.9. The van der Waals surface area contributed by atoms with Crippen LogP contribution in [0, 0.1) is 5.41 Å². The van der Waals surface area contributed by atoms with Gasteiger partial charge >= 0.3 is 0 Å². The molecule has 9 heteroatoms. The summed E-state index contributed by atoms with van der Waals surface area (Å²) in [6.07, 6.45) is 10.2. The van der Waals surface area contributed by atoms with Crippen LogP contribution in [0.25, 0.3) is 22.2 Å². The van der Waals surface area contributed by atoms with Gasteiger partial charge in [-0.15, -0.1) is 0 Å². The number of hydrogen-bond donors (Lipinski definition) is 4. The fourth-order valence-corrected chi connectivity index (χ4v) is 5.22. The largest absolute Gasteiger partial charge is 0.384 e. The molecular weight excluding hydrogens is 500 g/mol. The Morgan fingerprint density at radius 3 is 2.67 bits per heavy atom. The van der Waals surface area contributed by atoms with Crippen LogP contribution in [0.4, 0.5) is 5.95 Å². The summed E-state index contributed by atoms with van der Waals surface area (Å²) in [5.74, 6) is 0.665. The lowest BCUT2D eigenvalue weighted by Gasteiger charge is -2.31. The van der Waals surface area contributed by atoms with Gasteiger partial charge in [-0.25, -0.2) is 15.0 Å². The molecule has 208 valence electrons. The van der Waals surface area contributed by atoms with E-state index in [1.165, 1.54) is 25.7 Å². The lowest BCUT2D eigenvalue weighted by Crippen LogP contribution is -2.42. The van der Waals surface area contributed by atoms with Crippen LogP contribution in [0.3, 0.4) is 0 Å². The summed E-state index contributed by atoms with van der Waals surface area (Å²) >= 11 is 0. The average molecular weight is 539 g/mol. The lowest BCUT2D eigenvalue weighted by molar-refractivity contribution is 0.0954. The smallest absolute Gasteiger partial charge is 0.251 e. The van der Waals surface area contributed by atoms with Crippen LogP contribution in [0.2, 0.25) is 0 Å². The van der Waals surface area contributed by atoms with Crippen molar-refractivity contribution in [2.45, 2.75) is 45.4 Å². The van der Waals surface area contributed by atoms with Crippen LogP contribution in [-0.2, 0) is 6.42 Å². The molecule has 0 radical (unpaired) electrons. The Hall–Kier alpha value is -4.24. The molecule has 1 saturated heterocycles. The van der Waals surface area contributed by atoms with Crippen molar-refractivity contribution in [3.05, 3.63) is 77.6 Å². The van der Waals surface area contributed by atoms with Gasteiger partial charge in [-0.05, 0) is 61.6 Å². The molecule has 3 heterocycles. The van der Waals surface area contributed by atoms with Crippen LogP contribution in [0.1, 0.15) is 60.5 Å². The number of rotatable bonds is 12. The van der Waals surface area contributed by atoms with Crippen molar-refractivity contribution in [2.24, 2.45) is 5.73 Å². The number of nitrogen functional groups attached to an aromatic ring is 1. The van der Waals surface area contributed by atoms with Crippen molar-refractivity contribution in [1.82, 2.24) is 25.3 Å². The van der Waals surface area contributed by atoms with Gasteiger partial charge in [0, 0.05) is 66.2 Å². The lowest BCUT2D eigenvalue weighted by atomic mass is 10.1. The minimum absolute atomic E-state index is 0.0363. The molecule has 2 aromatic carbocycles. The van der Waals surface area contributed by atoms with E-state index < -0.39 is 0 Å². The van der Waals surface area contributed by atoms with E-state index in [2.05, 4.69) is 32.2 Å². The zero-order valence-electron chi connectivity index (χ0n) is 23.1. The monoisotopic (exact) mass is 538 g/mol. The maximum absolute atomic E-state index is 12.8. The third-order valence-corrected chi connectivity index (χ3v) is 7.45.